The SMILES string of the molecule is C=[PH](C)C1C=C([C@H](C)O)C=C(c2ccccc2)C1. The summed E-state index contributed by atoms with van der Waals surface area (Å²) >= 11 is 0. The van der Waals surface area contributed by atoms with Crippen LogP contribution in [-0.2, 0) is 0 Å². The molecule has 2 heteroatoms. The van der Waals surface area contributed by atoms with Crippen molar-refractivity contribution >= 4 is 19.4 Å². The van der Waals surface area contributed by atoms with E-state index >= 15 is 0 Å². The van der Waals surface area contributed by atoms with Gasteiger partial charge in [0.2, 0.25) is 0 Å². The minimum Gasteiger partial charge on any atom is -0.389 e. The monoisotopic (exact) mass is 260 g/mol. The van der Waals surface area contributed by atoms with Crippen molar-refractivity contribution in [2.24, 2.45) is 0 Å². The van der Waals surface area contributed by atoms with Gasteiger partial charge in [0.15, 0.2) is 0 Å². The molecule has 0 saturated carbocycles. The van der Waals surface area contributed by atoms with Crippen LogP contribution in [0.2, 0.25) is 0 Å². The van der Waals surface area contributed by atoms with Gasteiger partial charge in [0, 0.05) is 0 Å². The van der Waals surface area contributed by atoms with Gasteiger partial charge in [-0.1, -0.05) is 42.5 Å². The van der Waals surface area contributed by atoms with Crippen LogP contribution in [0, 0.1) is 0 Å². The van der Waals surface area contributed by atoms with Crippen LogP contribution in [0.4, 0.5) is 0 Å². The molecule has 2 unspecified atom stereocenters. The largest absolute Gasteiger partial charge is 0.389 e. The standard InChI is InChI=1S/C16H21OP/c1-12(17)14-9-15(11-16(10-14)18(2)3)13-7-5-4-6-8-13/h4-10,12,16-18H,2,11H2,1,3H3/t12-,16?/m0/s1. The molecule has 0 amide bonds. The maximum Gasteiger partial charge on any atom is 0.0759 e. The fraction of sp³-hybridized carbons (Fsp3) is 0.312. The van der Waals surface area contributed by atoms with Gasteiger partial charge in [0.1, 0.15) is 0 Å². The minimum absolute atomic E-state index is 0.395. The van der Waals surface area contributed by atoms with Crippen LogP contribution in [0.3, 0.4) is 0 Å². The van der Waals surface area contributed by atoms with Crippen molar-refractivity contribution in [1.29, 1.82) is 0 Å². The highest BCUT2D eigenvalue weighted by Gasteiger charge is 2.18. The molecule has 96 valence electrons. The topological polar surface area (TPSA) is 20.2 Å². The van der Waals surface area contributed by atoms with E-state index in [1.807, 2.05) is 13.0 Å². The van der Waals surface area contributed by atoms with E-state index in [1.54, 1.807) is 0 Å². The van der Waals surface area contributed by atoms with Gasteiger partial charge in [-0.05, 0) is 42.4 Å². The van der Waals surface area contributed by atoms with Gasteiger partial charge >= 0.3 is 0 Å². The van der Waals surface area contributed by atoms with E-state index < -0.39 is 13.6 Å². The van der Waals surface area contributed by atoms with E-state index in [0.29, 0.717) is 5.66 Å². The molecule has 0 fully saturated rings. The third kappa shape index (κ3) is 3.04. The normalized spacial score (nSPS) is 22.9. The Morgan fingerprint density at radius 1 is 1.33 bits per heavy atom. The Hall–Kier alpha value is -1.04. The number of benzene rings is 1. The Balaban J connectivity index is 2.37. The lowest BCUT2D eigenvalue weighted by Gasteiger charge is -2.24. The number of aliphatic hydroxyl groups is 1. The van der Waals surface area contributed by atoms with Gasteiger partial charge < -0.3 is 5.11 Å². The Bertz CT molecular complexity index is 497. The summed E-state index contributed by atoms with van der Waals surface area (Å²) in [5, 5.41) is 9.82. The summed E-state index contributed by atoms with van der Waals surface area (Å²) in [6.07, 6.45) is 9.25. The van der Waals surface area contributed by atoms with E-state index in [-0.39, 0.29) is 0 Å². The zero-order valence-electron chi connectivity index (χ0n) is 11.1. The number of allylic oxidation sites excluding steroid dienone is 2. The number of rotatable bonds is 3. The molecule has 0 saturated heterocycles. The molecule has 1 aliphatic carbocycles. The predicted octanol–water partition coefficient (Wildman–Crippen LogP) is 3.43. The van der Waals surface area contributed by atoms with Crippen molar-refractivity contribution < 1.29 is 5.11 Å². The Morgan fingerprint density at radius 2 is 2.00 bits per heavy atom. The van der Waals surface area contributed by atoms with E-state index in [2.05, 4.69) is 49.4 Å². The van der Waals surface area contributed by atoms with E-state index in [1.165, 1.54) is 11.1 Å². The fourth-order valence-corrected chi connectivity index (χ4v) is 3.31. The molecular formula is C16H21OP. The maximum absolute atomic E-state index is 9.82. The first-order valence-electron chi connectivity index (χ1n) is 6.39. The first kappa shape index (κ1) is 13.4. The van der Waals surface area contributed by atoms with Crippen LogP contribution in [0.1, 0.15) is 18.9 Å². The van der Waals surface area contributed by atoms with Crippen molar-refractivity contribution in [3.05, 3.63) is 53.6 Å². The number of hydrogen-bond acceptors (Lipinski definition) is 1. The first-order valence-corrected chi connectivity index (χ1v) is 8.67. The lowest BCUT2D eigenvalue weighted by Crippen LogP contribution is -2.12. The smallest absolute Gasteiger partial charge is 0.0759 e. The second-order valence-electron chi connectivity index (χ2n) is 5.04. The van der Waals surface area contributed by atoms with Crippen molar-refractivity contribution in [3.8, 4) is 0 Å². The molecule has 1 aromatic carbocycles. The van der Waals surface area contributed by atoms with Gasteiger partial charge in [-0.2, -0.15) is 0 Å². The maximum atomic E-state index is 9.82. The zero-order valence-corrected chi connectivity index (χ0v) is 12.1. The molecule has 0 heterocycles. The Kier molecular flexibility index (Phi) is 4.27. The first-order chi connectivity index (χ1) is 8.58. The number of hydrogen-bond donors (Lipinski definition) is 1. The highest BCUT2D eigenvalue weighted by atomic mass is 31.1. The molecule has 1 aliphatic rings. The van der Waals surface area contributed by atoms with Gasteiger partial charge in [-0.3, -0.25) is 0 Å². The van der Waals surface area contributed by atoms with E-state index in [0.717, 1.165) is 12.0 Å². The Morgan fingerprint density at radius 3 is 2.56 bits per heavy atom. The molecule has 2 rings (SSSR count). The van der Waals surface area contributed by atoms with Crippen molar-refractivity contribution in [3.63, 3.8) is 0 Å². The highest BCUT2D eigenvalue weighted by Crippen LogP contribution is 2.37. The molecule has 0 aromatic heterocycles. The van der Waals surface area contributed by atoms with Crippen LogP contribution >= 0.6 is 7.55 Å². The van der Waals surface area contributed by atoms with Crippen LogP contribution in [0.25, 0.3) is 5.57 Å². The average molecular weight is 260 g/mol. The summed E-state index contributed by atoms with van der Waals surface area (Å²) in [6.45, 7) is 4.07. The van der Waals surface area contributed by atoms with Crippen molar-refractivity contribution in [1.82, 2.24) is 0 Å². The molecule has 0 aliphatic heterocycles. The van der Waals surface area contributed by atoms with Crippen LogP contribution < -0.4 is 0 Å². The third-order valence-corrected chi connectivity index (χ3v) is 5.07. The molecule has 18 heavy (non-hydrogen) atoms. The zero-order chi connectivity index (χ0) is 13.1. The molecule has 0 radical (unpaired) electrons. The van der Waals surface area contributed by atoms with Gasteiger partial charge in [0.05, 0.1) is 6.10 Å². The molecule has 0 spiro atoms. The molecular weight excluding hydrogens is 239 g/mol. The van der Waals surface area contributed by atoms with Crippen LogP contribution in [0.5, 0.6) is 0 Å². The van der Waals surface area contributed by atoms with Gasteiger partial charge in [-0.25, -0.2) is 0 Å². The lowest BCUT2D eigenvalue weighted by atomic mass is 9.92. The summed E-state index contributed by atoms with van der Waals surface area (Å²) in [6, 6.07) is 10.4. The Labute approximate surface area is 110 Å². The molecule has 1 N–H and O–H groups in total. The average Bonchev–Trinajstić information content (AvgIpc) is 2.39. The van der Waals surface area contributed by atoms with Gasteiger partial charge in [0.25, 0.3) is 0 Å². The van der Waals surface area contributed by atoms with Gasteiger partial charge in [-0.15, -0.1) is 13.8 Å². The molecule has 1 nitrogen and oxygen atoms in total. The molecule has 0 bridgehead atoms. The predicted molar refractivity (Wildman–Crippen MR) is 83.9 cm³/mol. The molecule has 3 atom stereocenters. The van der Waals surface area contributed by atoms with E-state index in [9.17, 15) is 5.11 Å². The highest BCUT2D eigenvalue weighted by molar-refractivity contribution is 7.56. The summed E-state index contributed by atoms with van der Waals surface area (Å²) in [5.74, 6) is 0. The van der Waals surface area contributed by atoms with Crippen molar-refractivity contribution in [2.45, 2.75) is 25.1 Å². The number of aliphatic hydroxyl groups excluding tert-OH is 1. The van der Waals surface area contributed by atoms with Crippen molar-refractivity contribution in [2.75, 3.05) is 6.66 Å². The third-order valence-electron chi connectivity index (χ3n) is 3.43. The molecule has 1 aromatic rings. The second-order valence-corrected chi connectivity index (χ2v) is 7.47. The fourth-order valence-electron chi connectivity index (χ4n) is 2.27. The second kappa shape index (κ2) is 5.73. The summed E-state index contributed by atoms with van der Waals surface area (Å²) < 4.78 is 0. The van der Waals surface area contributed by atoms with E-state index in [4.69, 9.17) is 0 Å². The minimum atomic E-state index is -0.619. The summed E-state index contributed by atoms with van der Waals surface area (Å²) in [7, 11) is -0.619. The van der Waals surface area contributed by atoms with Crippen LogP contribution in [-0.4, -0.2) is 29.8 Å². The summed E-state index contributed by atoms with van der Waals surface area (Å²) in [5.41, 5.74) is 4.14. The van der Waals surface area contributed by atoms with Crippen LogP contribution in [0.15, 0.2) is 48.1 Å². The quantitative estimate of drug-likeness (QED) is 0.826. The lowest BCUT2D eigenvalue weighted by molar-refractivity contribution is 0.234. The summed E-state index contributed by atoms with van der Waals surface area (Å²) in [4.78, 5) is 0.